The van der Waals surface area contributed by atoms with Gasteiger partial charge in [-0.3, -0.25) is 4.79 Å². The second kappa shape index (κ2) is 20.2. The number of ether oxygens (including phenoxy) is 1. The number of aliphatic hydroxyl groups excluding tert-OH is 1. The highest BCUT2D eigenvalue weighted by Gasteiger charge is 2.01. The van der Waals surface area contributed by atoms with Gasteiger partial charge in [0.05, 0.1) is 7.11 Å². The van der Waals surface area contributed by atoms with Crippen molar-refractivity contribution in [3.05, 3.63) is 12.7 Å². The molecule has 3 nitrogen and oxygen atoms in total. The number of methoxy groups -OCH3 is 1. The first-order chi connectivity index (χ1) is 10.7. The van der Waals surface area contributed by atoms with Gasteiger partial charge in [0, 0.05) is 13.0 Å². The largest absolute Gasteiger partial charge is 0.469 e. The molecule has 0 aromatic heterocycles. The van der Waals surface area contributed by atoms with E-state index in [1.165, 1.54) is 45.6 Å². The van der Waals surface area contributed by atoms with Crippen molar-refractivity contribution in [3.63, 3.8) is 0 Å². The third-order valence-corrected chi connectivity index (χ3v) is 3.82. The quantitative estimate of drug-likeness (QED) is 0.286. The average molecular weight is 315 g/mol. The number of carbonyl (C=O) groups is 1. The zero-order valence-corrected chi connectivity index (χ0v) is 15.1. The van der Waals surface area contributed by atoms with E-state index in [-0.39, 0.29) is 5.97 Å². The topological polar surface area (TPSA) is 46.5 Å². The van der Waals surface area contributed by atoms with Crippen molar-refractivity contribution in [2.75, 3.05) is 13.7 Å². The van der Waals surface area contributed by atoms with Gasteiger partial charge in [-0.1, -0.05) is 58.4 Å². The molecule has 0 spiro atoms. The molecule has 1 unspecified atom stereocenters. The van der Waals surface area contributed by atoms with E-state index < -0.39 is 0 Å². The van der Waals surface area contributed by atoms with Crippen LogP contribution in [0.25, 0.3) is 0 Å². The summed E-state index contributed by atoms with van der Waals surface area (Å²) >= 11 is 0. The Morgan fingerprint density at radius 2 is 1.77 bits per heavy atom. The van der Waals surface area contributed by atoms with Crippen LogP contribution in [-0.4, -0.2) is 24.8 Å². The summed E-state index contributed by atoms with van der Waals surface area (Å²) in [6, 6.07) is 0. The van der Waals surface area contributed by atoms with E-state index in [9.17, 15) is 4.79 Å². The monoisotopic (exact) mass is 314 g/mol. The van der Waals surface area contributed by atoms with Gasteiger partial charge < -0.3 is 9.84 Å². The summed E-state index contributed by atoms with van der Waals surface area (Å²) in [5.41, 5.74) is 0. The van der Waals surface area contributed by atoms with E-state index in [1.807, 2.05) is 6.08 Å². The Labute approximate surface area is 138 Å². The van der Waals surface area contributed by atoms with Crippen molar-refractivity contribution >= 4 is 5.97 Å². The highest BCUT2D eigenvalue weighted by atomic mass is 16.5. The smallest absolute Gasteiger partial charge is 0.305 e. The number of allylic oxidation sites excluding steroid dienone is 1. The Bertz CT molecular complexity index is 235. The van der Waals surface area contributed by atoms with Gasteiger partial charge in [-0.25, -0.2) is 0 Å². The van der Waals surface area contributed by atoms with Crippen LogP contribution in [0.4, 0.5) is 0 Å². The van der Waals surface area contributed by atoms with Crippen molar-refractivity contribution in [2.24, 2.45) is 5.92 Å². The molecular weight excluding hydrogens is 276 g/mol. The zero-order chi connectivity index (χ0) is 17.1. The van der Waals surface area contributed by atoms with E-state index in [2.05, 4.69) is 25.2 Å². The van der Waals surface area contributed by atoms with E-state index in [0.29, 0.717) is 18.9 Å². The molecule has 0 aromatic rings. The van der Waals surface area contributed by atoms with Crippen LogP contribution in [0, 0.1) is 5.92 Å². The Kier molecular flexibility index (Phi) is 21.5. The molecule has 0 amide bonds. The third-order valence-electron chi connectivity index (χ3n) is 3.82. The van der Waals surface area contributed by atoms with Crippen LogP contribution in [0.2, 0.25) is 0 Å². The summed E-state index contributed by atoms with van der Waals surface area (Å²) < 4.78 is 4.54. The molecule has 0 aliphatic rings. The van der Waals surface area contributed by atoms with Gasteiger partial charge in [0.15, 0.2) is 0 Å². The van der Waals surface area contributed by atoms with Gasteiger partial charge in [0.2, 0.25) is 0 Å². The Morgan fingerprint density at radius 1 is 1.14 bits per heavy atom. The minimum atomic E-state index is -0.0916. The van der Waals surface area contributed by atoms with Crippen LogP contribution >= 0.6 is 0 Å². The van der Waals surface area contributed by atoms with Gasteiger partial charge in [-0.05, 0) is 31.6 Å². The molecule has 0 fully saturated rings. The number of hydrogen-bond donors (Lipinski definition) is 1. The highest BCUT2D eigenvalue weighted by molar-refractivity contribution is 5.68. The molecule has 1 N–H and O–H groups in total. The number of esters is 1. The molecule has 0 saturated carbocycles. The molecule has 3 heteroatoms. The maximum Gasteiger partial charge on any atom is 0.305 e. The van der Waals surface area contributed by atoms with Crippen molar-refractivity contribution in [1.29, 1.82) is 0 Å². The number of unbranched alkanes of at least 4 members (excludes halogenated alkanes) is 6. The van der Waals surface area contributed by atoms with Crippen LogP contribution in [-0.2, 0) is 9.53 Å². The summed E-state index contributed by atoms with van der Waals surface area (Å²) in [5, 5.41) is 8.75. The molecular formula is C19H38O3. The fourth-order valence-electron chi connectivity index (χ4n) is 2.11. The Morgan fingerprint density at radius 3 is 2.27 bits per heavy atom. The number of aliphatic hydroxyl groups is 1. The van der Waals surface area contributed by atoms with Gasteiger partial charge in [0.25, 0.3) is 0 Å². The predicted octanol–water partition coefficient (Wildman–Crippen LogP) is 5.27. The van der Waals surface area contributed by atoms with Gasteiger partial charge in [-0.15, -0.1) is 6.58 Å². The maximum atomic E-state index is 10.7. The fourth-order valence-corrected chi connectivity index (χ4v) is 2.11. The first-order valence-electron chi connectivity index (χ1n) is 8.94. The molecule has 22 heavy (non-hydrogen) atoms. The lowest BCUT2D eigenvalue weighted by Crippen LogP contribution is -2.03. The molecule has 0 rings (SSSR count). The minimum Gasteiger partial charge on any atom is -0.469 e. The molecule has 0 aliphatic carbocycles. The molecule has 132 valence electrons. The van der Waals surface area contributed by atoms with Crippen molar-refractivity contribution < 1.29 is 14.6 Å². The summed E-state index contributed by atoms with van der Waals surface area (Å²) in [7, 11) is 1.44. The maximum absolute atomic E-state index is 10.7. The number of carbonyl (C=O) groups excluding carboxylic acids is 1. The molecule has 0 aromatic carbocycles. The molecule has 0 radical (unpaired) electrons. The van der Waals surface area contributed by atoms with Gasteiger partial charge >= 0.3 is 5.97 Å². The average Bonchev–Trinajstić information content (AvgIpc) is 2.55. The Hall–Kier alpha value is -0.830. The van der Waals surface area contributed by atoms with Crippen LogP contribution < -0.4 is 0 Å². The van der Waals surface area contributed by atoms with Crippen molar-refractivity contribution in [1.82, 2.24) is 0 Å². The van der Waals surface area contributed by atoms with Crippen molar-refractivity contribution in [3.8, 4) is 0 Å². The summed E-state index contributed by atoms with van der Waals surface area (Å²) in [5.74, 6) is 0.469. The van der Waals surface area contributed by atoms with Crippen molar-refractivity contribution in [2.45, 2.75) is 84.5 Å². The van der Waals surface area contributed by atoms with Crippen LogP contribution in [0.15, 0.2) is 12.7 Å². The standard InChI is InChI=1S/C11H20O2.C8H18O/c1-3-4-5-6-7-8-9-10-11(12)13-2;1-3-5-6-8(4-2)7-9/h3H,1,4-10H2,2H3;8-9H,3-7H2,1-2H3. The van der Waals surface area contributed by atoms with Crippen LogP contribution in [0.3, 0.4) is 0 Å². The lowest BCUT2D eigenvalue weighted by atomic mass is 10.0. The van der Waals surface area contributed by atoms with Crippen LogP contribution in [0.5, 0.6) is 0 Å². The summed E-state index contributed by atoms with van der Waals surface area (Å²) in [4.78, 5) is 10.7. The first-order valence-corrected chi connectivity index (χ1v) is 8.94. The molecule has 0 heterocycles. The highest BCUT2D eigenvalue weighted by Crippen LogP contribution is 2.10. The molecule has 0 saturated heterocycles. The molecule has 1 atom stereocenters. The predicted molar refractivity (Wildman–Crippen MR) is 94.9 cm³/mol. The first kappa shape index (κ1) is 23.4. The van der Waals surface area contributed by atoms with E-state index in [4.69, 9.17) is 5.11 Å². The summed E-state index contributed by atoms with van der Waals surface area (Å²) in [6.45, 7) is 8.36. The van der Waals surface area contributed by atoms with Gasteiger partial charge in [0.1, 0.15) is 0 Å². The number of hydrogen-bond acceptors (Lipinski definition) is 3. The second-order valence-electron chi connectivity index (χ2n) is 5.77. The number of rotatable bonds is 13. The molecule has 0 bridgehead atoms. The zero-order valence-electron chi connectivity index (χ0n) is 15.1. The lowest BCUT2D eigenvalue weighted by molar-refractivity contribution is -0.140. The lowest BCUT2D eigenvalue weighted by Gasteiger charge is -2.08. The SMILES string of the molecule is C=CCCCCCCCC(=O)OC.CCCCC(CC)CO. The van der Waals surface area contributed by atoms with E-state index >= 15 is 0 Å². The van der Waals surface area contributed by atoms with E-state index in [1.54, 1.807) is 0 Å². The molecule has 0 aliphatic heterocycles. The van der Waals surface area contributed by atoms with E-state index in [0.717, 1.165) is 25.7 Å². The normalized spacial score (nSPS) is 11.3. The fraction of sp³-hybridized carbons (Fsp3) is 0.842. The second-order valence-corrected chi connectivity index (χ2v) is 5.77. The third kappa shape index (κ3) is 19.2. The van der Waals surface area contributed by atoms with Gasteiger partial charge in [-0.2, -0.15) is 0 Å². The Balaban J connectivity index is 0. The van der Waals surface area contributed by atoms with Crippen LogP contribution in [0.1, 0.15) is 84.5 Å². The summed E-state index contributed by atoms with van der Waals surface area (Å²) in [6.07, 6.45) is 14.2. The minimum absolute atomic E-state index is 0.0916.